The highest BCUT2D eigenvalue weighted by Gasteiger charge is 2.24. The molecule has 2 heterocycles. The number of ether oxygens (including phenoxy) is 1. The van der Waals surface area contributed by atoms with Crippen LogP contribution in [0.2, 0.25) is 0 Å². The van der Waals surface area contributed by atoms with Gasteiger partial charge in [0.1, 0.15) is 5.82 Å². The predicted molar refractivity (Wildman–Crippen MR) is 85.5 cm³/mol. The molecule has 0 saturated carbocycles. The third-order valence-electron chi connectivity index (χ3n) is 4.06. The third kappa shape index (κ3) is 4.55. The Morgan fingerprint density at radius 2 is 2.18 bits per heavy atom. The Labute approximate surface area is 132 Å². The minimum absolute atomic E-state index is 0.0130. The number of hydrogen-bond donors (Lipinski definition) is 1. The van der Waals surface area contributed by atoms with Crippen molar-refractivity contribution in [3.8, 4) is 0 Å². The van der Waals surface area contributed by atoms with Gasteiger partial charge >= 0.3 is 0 Å². The van der Waals surface area contributed by atoms with Crippen LogP contribution in [0.3, 0.4) is 0 Å². The van der Waals surface area contributed by atoms with E-state index >= 15 is 0 Å². The van der Waals surface area contributed by atoms with Crippen LogP contribution in [0.25, 0.3) is 0 Å². The summed E-state index contributed by atoms with van der Waals surface area (Å²) in [6.07, 6.45) is 4.11. The van der Waals surface area contributed by atoms with Crippen LogP contribution in [-0.2, 0) is 16.1 Å². The van der Waals surface area contributed by atoms with E-state index in [-0.39, 0.29) is 12.0 Å². The van der Waals surface area contributed by atoms with Gasteiger partial charge in [0, 0.05) is 37.6 Å². The number of rotatable bonds is 6. The maximum atomic E-state index is 12.1. The molecule has 1 aliphatic heterocycles. The van der Waals surface area contributed by atoms with Crippen LogP contribution in [0.1, 0.15) is 46.0 Å². The van der Waals surface area contributed by atoms with Gasteiger partial charge in [-0.1, -0.05) is 0 Å². The number of amides is 1. The Morgan fingerprint density at radius 1 is 1.41 bits per heavy atom. The molecule has 124 valence electrons. The number of carbonyl (C=O) groups is 1. The summed E-state index contributed by atoms with van der Waals surface area (Å²) >= 11 is 0. The highest BCUT2D eigenvalue weighted by molar-refractivity contribution is 5.76. The first-order valence-electron chi connectivity index (χ1n) is 8.11. The van der Waals surface area contributed by atoms with Crippen molar-refractivity contribution in [1.29, 1.82) is 0 Å². The molecule has 1 aliphatic rings. The molecule has 1 aromatic rings. The summed E-state index contributed by atoms with van der Waals surface area (Å²) in [4.78, 5) is 18.8. The van der Waals surface area contributed by atoms with Crippen LogP contribution >= 0.6 is 0 Å². The fraction of sp³-hybridized carbons (Fsp3) is 0.750. The molecule has 2 rings (SSSR count). The molecule has 6 nitrogen and oxygen atoms in total. The summed E-state index contributed by atoms with van der Waals surface area (Å²) in [6.45, 7) is 11.5. The topological polar surface area (TPSA) is 59.4 Å². The quantitative estimate of drug-likeness (QED) is 0.867. The van der Waals surface area contributed by atoms with Gasteiger partial charge in [-0.05, 0) is 27.7 Å². The second kappa shape index (κ2) is 7.74. The van der Waals surface area contributed by atoms with Crippen molar-refractivity contribution < 1.29 is 9.53 Å². The first-order chi connectivity index (χ1) is 10.5. The Bertz CT molecular complexity index is 484. The van der Waals surface area contributed by atoms with Crippen LogP contribution in [0.4, 0.5) is 0 Å². The number of hydrogen-bond acceptors (Lipinski definition) is 4. The van der Waals surface area contributed by atoms with Crippen LogP contribution in [0, 0.1) is 0 Å². The molecule has 1 saturated heterocycles. The molecule has 1 unspecified atom stereocenters. The highest BCUT2D eigenvalue weighted by Crippen LogP contribution is 2.12. The maximum absolute atomic E-state index is 12.1. The molecular weight excluding hydrogens is 280 g/mol. The number of nitrogens with one attached hydrogen (secondary N) is 1. The van der Waals surface area contributed by atoms with E-state index in [1.807, 2.05) is 6.20 Å². The average Bonchev–Trinajstić information content (AvgIpc) is 2.94. The number of imidazole rings is 1. The smallest absolute Gasteiger partial charge is 0.223 e. The minimum Gasteiger partial charge on any atom is -0.375 e. The van der Waals surface area contributed by atoms with Crippen molar-refractivity contribution in [2.24, 2.45) is 0 Å². The molecule has 0 aliphatic carbocycles. The zero-order chi connectivity index (χ0) is 16.1. The van der Waals surface area contributed by atoms with E-state index in [0.29, 0.717) is 31.7 Å². The summed E-state index contributed by atoms with van der Waals surface area (Å²) in [6, 6.07) is 0.837. The van der Waals surface area contributed by atoms with Gasteiger partial charge in [0.2, 0.25) is 5.91 Å². The van der Waals surface area contributed by atoms with Crippen molar-refractivity contribution >= 4 is 5.91 Å². The van der Waals surface area contributed by atoms with Gasteiger partial charge in [-0.2, -0.15) is 0 Å². The molecule has 0 spiro atoms. The first-order valence-corrected chi connectivity index (χ1v) is 8.11. The SMILES string of the molecule is CC(C)N1CCOC(CC(=O)NCc2nccn2C(C)C)C1. The van der Waals surface area contributed by atoms with Crippen LogP contribution < -0.4 is 5.32 Å². The Balaban J connectivity index is 1.79. The fourth-order valence-electron chi connectivity index (χ4n) is 2.74. The molecule has 6 heteroatoms. The predicted octanol–water partition coefficient (Wildman–Crippen LogP) is 1.58. The fourth-order valence-corrected chi connectivity index (χ4v) is 2.74. The Morgan fingerprint density at radius 3 is 2.86 bits per heavy atom. The van der Waals surface area contributed by atoms with Crippen LogP contribution in [-0.4, -0.2) is 52.2 Å². The van der Waals surface area contributed by atoms with Crippen molar-refractivity contribution in [2.75, 3.05) is 19.7 Å². The molecule has 1 aromatic heterocycles. The van der Waals surface area contributed by atoms with Gasteiger partial charge in [-0.15, -0.1) is 0 Å². The van der Waals surface area contributed by atoms with Crippen LogP contribution in [0.15, 0.2) is 12.4 Å². The number of aromatic nitrogens is 2. The largest absolute Gasteiger partial charge is 0.375 e. The van der Waals surface area contributed by atoms with E-state index in [1.54, 1.807) is 6.20 Å². The lowest BCUT2D eigenvalue weighted by molar-refractivity contribution is -0.126. The van der Waals surface area contributed by atoms with Gasteiger partial charge < -0.3 is 14.6 Å². The molecule has 1 N–H and O–H groups in total. The molecule has 0 aromatic carbocycles. The first kappa shape index (κ1) is 17.0. The second-order valence-corrected chi connectivity index (χ2v) is 6.41. The van der Waals surface area contributed by atoms with Crippen molar-refractivity contribution in [3.63, 3.8) is 0 Å². The summed E-state index contributed by atoms with van der Waals surface area (Å²) in [5.41, 5.74) is 0. The number of carbonyl (C=O) groups excluding carboxylic acids is 1. The maximum Gasteiger partial charge on any atom is 0.223 e. The molecule has 1 amide bonds. The molecule has 22 heavy (non-hydrogen) atoms. The summed E-state index contributed by atoms with van der Waals surface area (Å²) in [5.74, 6) is 0.908. The van der Waals surface area contributed by atoms with E-state index < -0.39 is 0 Å². The van der Waals surface area contributed by atoms with Gasteiger partial charge in [0.05, 0.1) is 25.7 Å². The minimum atomic E-state index is -0.0130. The van der Waals surface area contributed by atoms with Crippen LogP contribution in [0.5, 0.6) is 0 Å². The van der Waals surface area contributed by atoms with Gasteiger partial charge in [0.15, 0.2) is 0 Å². The number of nitrogens with zero attached hydrogens (tertiary/aromatic N) is 3. The average molecular weight is 308 g/mol. The lowest BCUT2D eigenvalue weighted by Crippen LogP contribution is -2.47. The Kier molecular flexibility index (Phi) is 5.97. The zero-order valence-corrected chi connectivity index (χ0v) is 14.1. The summed E-state index contributed by atoms with van der Waals surface area (Å²) in [7, 11) is 0. The van der Waals surface area contributed by atoms with Crippen molar-refractivity contribution in [2.45, 2.75) is 58.8 Å². The second-order valence-electron chi connectivity index (χ2n) is 6.41. The lowest BCUT2D eigenvalue weighted by atomic mass is 10.1. The lowest BCUT2D eigenvalue weighted by Gasteiger charge is -2.35. The monoisotopic (exact) mass is 308 g/mol. The van der Waals surface area contributed by atoms with Gasteiger partial charge in [-0.25, -0.2) is 4.98 Å². The van der Waals surface area contributed by atoms with Gasteiger partial charge in [-0.3, -0.25) is 9.69 Å². The Hall–Kier alpha value is -1.40. The standard InChI is InChI=1S/C16H28N4O2/c1-12(2)19-7-8-22-14(11-19)9-16(21)18-10-15-17-5-6-20(15)13(3)4/h5-6,12-14H,7-11H2,1-4H3,(H,18,21). The van der Waals surface area contributed by atoms with E-state index in [2.05, 4.69) is 47.5 Å². The molecular formula is C16H28N4O2. The van der Waals surface area contributed by atoms with Crippen molar-refractivity contribution in [3.05, 3.63) is 18.2 Å². The molecule has 1 atom stereocenters. The normalized spacial score (nSPS) is 19.8. The molecule has 1 fully saturated rings. The van der Waals surface area contributed by atoms with E-state index in [9.17, 15) is 4.79 Å². The molecule has 0 bridgehead atoms. The van der Waals surface area contributed by atoms with E-state index in [0.717, 1.165) is 18.9 Å². The highest BCUT2D eigenvalue weighted by atomic mass is 16.5. The zero-order valence-electron chi connectivity index (χ0n) is 14.1. The molecule has 0 radical (unpaired) electrons. The van der Waals surface area contributed by atoms with E-state index in [1.165, 1.54) is 0 Å². The summed E-state index contributed by atoms with van der Waals surface area (Å²) in [5, 5.41) is 2.95. The number of morpholine rings is 1. The van der Waals surface area contributed by atoms with Gasteiger partial charge in [0.25, 0.3) is 0 Å². The van der Waals surface area contributed by atoms with E-state index in [4.69, 9.17) is 4.74 Å². The third-order valence-corrected chi connectivity index (χ3v) is 4.06. The van der Waals surface area contributed by atoms with Crippen molar-refractivity contribution in [1.82, 2.24) is 19.8 Å². The summed E-state index contributed by atoms with van der Waals surface area (Å²) < 4.78 is 7.77.